The largest absolute Gasteiger partial charge is 0.422 e. The van der Waals surface area contributed by atoms with Crippen molar-refractivity contribution in [3.05, 3.63) is 88.1 Å². The zero-order valence-electron chi connectivity index (χ0n) is 13.5. The molecule has 2 aromatic carbocycles. The molecule has 1 aliphatic rings. The Balaban J connectivity index is 1.77. The van der Waals surface area contributed by atoms with E-state index in [2.05, 4.69) is 4.98 Å². The maximum atomic E-state index is 12.2. The molecule has 4 heteroatoms. The molecule has 0 saturated carbocycles. The monoisotopic (exact) mass is 347 g/mol. The van der Waals surface area contributed by atoms with Crippen LogP contribution in [0.1, 0.15) is 16.7 Å². The summed E-state index contributed by atoms with van der Waals surface area (Å²) in [5.74, 6) is 0.150. The first kappa shape index (κ1) is 15.6. The maximum absolute atomic E-state index is 12.2. The first-order valence-electron chi connectivity index (χ1n) is 7.88. The van der Waals surface area contributed by atoms with Gasteiger partial charge >= 0.3 is 5.97 Å². The maximum Gasteiger partial charge on any atom is 0.343 e. The summed E-state index contributed by atoms with van der Waals surface area (Å²) in [5, 5.41) is 1.34. The van der Waals surface area contributed by atoms with Crippen LogP contribution in [-0.2, 0) is 9.53 Å². The van der Waals surface area contributed by atoms with Crippen LogP contribution in [0.4, 0.5) is 0 Å². The Bertz CT molecular complexity index is 1050. The first-order valence-corrected chi connectivity index (χ1v) is 8.26. The Kier molecular flexibility index (Phi) is 3.86. The summed E-state index contributed by atoms with van der Waals surface area (Å²) >= 11 is 6.29. The lowest BCUT2D eigenvalue weighted by molar-refractivity contribution is -0.130. The number of ether oxygens (including phenoxy) is 1. The van der Waals surface area contributed by atoms with E-state index < -0.39 is 0 Å². The van der Waals surface area contributed by atoms with Crippen molar-refractivity contribution in [3.63, 3.8) is 0 Å². The highest BCUT2D eigenvalue weighted by Crippen LogP contribution is 2.29. The number of carbonyl (C=O) groups excluding carboxylic acids is 1. The van der Waals surface area contributed by atoms with Crippen LogP contribution in [0, 0.1) is 6.92 Å². The Morgan fingerprint density at radius 1 is 1.08 bits per heavy atom. The standard InChI is InChI=1S/C21H14ClNO2/c1-13-7-8-18-15(9-13)10-16(20(22)23-18)11-17-12-19(25-21(17)24)14-5-3-2-4-6-14/h2-12H,1H3/b17-11-. The second-order valence-corrected chi connectivity index (χ2v) is 6.29. The normalized spacial score (nSPS) is 15.5. The average Bonchev–Trinajstić information content (AvgIpc) is 2.97. The third-order valence-electron chi connectivity index (χ3n) is 4.05. The van der Waals surface area contributed by atoms with Gasteiger partial charge in [-0.3, -0.25) is 0 Å². The summed E-state index contributed by atoms with van der Waals surface area (Å²) in [4.78, 5) is 16.6. The van der Waals surface area contributed by atoms with E-state index >= 15 is 0 Å². The fraction of sp³-hybridized carbons (Fsp3) is 0.0476. The number of fused-ring (bicyclic) bond motifs is 1. The van der Waals surface area contributed by atoms with Crippen molar-refractivity contribution < 1.29 is 9.53 Å². The molecule has 0 saturated heterocycles. The summed E-state index contributed by atoms with van der Waals surface area (Å²) in [6.07, 6.45) is 3.45. The number of rotatable bonds is 2. The Hall–Kier alpha value is -2.91. The Labute approximate surface area is 150 Å². The zero-order chi connectivity index (χ0) is 17.4. The average molecular weight is 348 g/mol. The Morgan fingerprint density at radius 2 is 1.88 bits per heavy atom. The van der Waals surface area contributed by atoms with Crippen LogP contribution < -0.4 is 0 Å². The highest BCUT2D eigenvalue weighted by atomic mass is 35.5. The molecular weight excluding hydrogens is 334 g/mol. The number of cyclic esters (lactones) is 1. The number of hydrogen-bond donors (Lipinski definition) is 0. The van der Waals surface area contributed by atoms with Gasteiger partial charge < -0.3 is 4.74 Å². The molecule has 1 aromatic heterocycles. The third kappa shape index (κ3) is 3.06. The zero-order valence-corrected chi connectivity index (χ0v) is 14.2. The van der Waals surface area contributed by atoms with Gasteiger partial charge in [0, 0.05) is 16.5 Å². The number of nitrogens with zero attached hydrogens (tertiary/aromatic N) is 1. The smallest absolute Gasteiger partial charge is 0.343 e. The van der Waals surface area contributed by atoms with Crippen LogP contribution in [0.15, 0.2) is 66.2 Å². The van der Waals surface area contributed by atoms with Gasteiger partial charge in [-0.15, -0.1) is 0 Å². The fourth-order valence-corrected chi connectivity index (χ4v) is 2.99. The minimum Gasteiger partial charge on any atom is -0.422 e. The van der Waals surface area contributed by atoms with Gasteiger partial charge in [0.2, 0.25) is 0 Å². The van der Waals surface area contributed by atoms with Gasteiger partial charge in [0.25, 0.3) is 0 Å². The molecule has 0 radical (unpaired) electrons. The number of aromatic nitrogens is 1. The fourth-order valence-electron chi connectivity index (χ4n) is 2.79. The molecule has 0 unspecified atom stereocenters. The van der Waals surface area contributed by atoms with E-state index in [0.717, 1.165) is 22.0 Å². The topological polar surface area (TPSA) is 39.2 Å². The van der Waals surface area contributed by atoms with Gasteiger partial charge in [-0.25, -0.2) is 9.78 Å². The summed E-state index contributed by atoms with van der Waals surface area (Å²) in [7, 11) is 0. The lowest BCUT2D eigenvalue weighted by Crippen LogP contribution is -1.97. The van der Waals surface area contributed by atoms with Crippen LogP contribution in [0.3, 0.4) is 0 Å². The molecule has 4 rings (SSSR count). The molecule has 0 N–H and O–H groups in total. The number of pyridine rings is 1. The van der Waals surface area contributed by atoms with E-state index in [1.807, 2.05) is 61.5 Å². The van der Waals surface area contributed by atoms with E-state index in [-0.39, 0.29) is 5.97 Å². The van der Waals surface area contributed by atoms with Gasteiger partial charge in [0.05, 0.1) is 11.1 Å². The molecule has 122 valence electrons. The lowest BCUT2D eigenvalue weighted by Gasteiger charge is -2.04. The second kappa shape index (κ2) is 6.19. The summed E-state index contributed by atoms with van der Waals surface area (Å²) in [5.41, 5.74) is 3.97. The number of hydrogen-bond acceptors (Lipinski definition) is 3. The van der Waals surface area contributed by atoms with Gasteiger partial charge in [0.1, 0.15) is 10.9 Å². The van der Waals surface area contributed by atoms with Crippen LogP contribution in [0.25, 0.3) is 22.7 Å². The van der Waals surface area contributed by atoms with Crippen molar-refractivity contribution >= 4 is 40.3 Å². The first-order chi connectivity index (χ1) is 12.1. The molecule has 3 aromatic rings. The summed E-state index contributed by atoms with van der Waals surface area (Å²) in [6, 6.07) is 17.4. The third-order valence-corrected chi connectivity index (χ3v) is 4.35. The minimum absolute atomic E-state index is 0.359. The SMILES string of the molecule is Cc1ccc2nc(Cl)c(/C=C3/C=C(c4ccccc4)OC3=O)cc2c1. The lowest BCUT2D eigenvalue weighted by atomic mass is 10.1. The summed E-state index contributed by atoms with van der Waals surface area (Å²) < 4.78 is 5.37. The quantitative estimate of drug-likeness (QED) is 0.364. The molecule has 0 amide bonds. The molecule has 2 heterocycles. The molecule has 0 bridgehead atoms. The van der Waals surface area contributed by atoms with Crippen molar-refractivity contribution in [2.24, 2.45) is 0 Å². The van der Waals surface area contributed by atoms with Crippen LogP contribution in [0.2, 0.25) is 5.15 Å². The van der Waals surface area contributed by atoms with E-state index in [1.165, 1.54) is 0 Å². The highest BCUT2D eigenvalue weighted by molar-refractivity contribution is 6.31. The molecule has 25 heavy (non-hydrogen) atoms. The van der Waals surface area contributed by atoms with Crippen molar-refractivity contribution in [1.29, 1.82) is 0 Å². The van der Waals surface area contributed by atoms with Crippen LogP contribution in [-0.4, -0.2) is 11.0 Å². The number of aryl methyl sites for hydroxylation is 1. The second-order valence-electron chi connectivity index (χ2n) is 5.93. The number of halogens is 1. The van der Waals surface area contributed by atoms with Gasteiger partial charge in [-0.1, -0.05) is 53.6 Å². The van der Waals surface area contributed by atoms with Crippen LogP contribution in [0.5, 0.6) is 0 Å². The minimum atomic E-state index is -0.390. The molecule has 0 atom stereocenters. The van der Waals surface area contributed by atoms with E-state index in [9.17, 15) is 4.79 Å². The number of esters is 1. The molecule has 0 aliphatic carbocycles. The predicted molar refractivity (Wildman–Crippen MR) is 100.0 cm³/mol. The van der Waals surface area contributed by atoms with Crippen molar-refractivity contribution in [2.45, 2.75) is 6.92 Å². The van der Waals surface area contributed by atoms with E-state index in [0.29, 0.717) is 22.0 Å². The van der Waals surface area contributed by atoms with Gasteiger partial charge in [0.15, 0.2) is 0 Å². The van der Waals surface area contributed by atoms with E-state index in [1.54, 1.807) is 12.2 Å². The number of carbonyl (C=O) groups is 1. The van der Waals surface area contributed by atoms with Crippen LogP contribution >= 0.6 is 11.6 Å². The van der Waals surface area contributed by atoms with Gasteiger partial charge in [-0.2, -0.15) is 0 Å². The predicted octanol–water partition coefficient (Wildman–Crippen LogP) is 5.18. The molecule has 3 nitrogen and oxygen atoms in total. The number of benzene rings is 2. The highest BCUT2D eigenvalue weighted by Gasteiger charge is 2.22. The van der Waals surface area contributed by atoms with Crippen molar-refractivity contribution in [1.82, 2.24) is 4.98 Å². The molecule has 0 fully saturated rings. The summed E-state index contributed by atoms with van der Waals surface area (Å²) in [6.45, 7) is 2.02. The molecule has 0 spiro atoms. The van der Waals surface area contributed by atoms with E-state index in [4.69, 9.17) is 16.3 Å². The Morgan fingerprint density at radius 3 is 2.68 bits per heavy atom. The molecule has 1 aliphatic heterocycles. The van der Waals surface area contributed by atoms with Crippen molar-refractivity contribution in [2.75, 3.05) is 0 Å². The molecular formula is C21H14ClNO2. The van der Waals surface area contributed by atoms with Crippen molar-refractivity contribution in [3.8, 4) is 0 Å². The van der Waals surface area contributed by atoms with Gasteiger partial charge in [-0.05, 0) is 37.3 Å².